The highest BCUT2D eigenvalue weighted by molar-refractivity contribution is 5.91. The van der Waals surface area contributed by atoms with Crippen molar-refractivity contribution >= 4 is 34.9 Å². The summed E-state index contributed by atoms with van der Waals surface area (Å²) < 4.78 is 1.61. The number of hydrogen-bond acceptors (Lipinski definition) is 9. The Morgan fingerprint density at radius 3 is 2.82 bits per heavy atom. The number of anilines is 5. The van der Waals surface area contributed by atoms with Crippen LogP contribution >= 0.6 is 0 Å². The smallest absolute Gasteiger partial charge is 0.230 e. The zero-order valence-electron chi connectivity index (χ0n) is 22.2. The van der Waals surface area contributed by atoms with Crippen molar-refractivity contribution in [2.24, 2.45) is 13.0 Å². The highest BCUT2D eigenvalue weighted by Crippen LogP contribution is 2.23. The van der Waals surface area contributed by atoms with E-state index < -0.39 is 0 Å². The van der Waals surface area contributed by atoms with E-state index in [0.717, 1.165) is 42.9 Å². The minimum Gasteiger partial charge on any atom is -0.340 e. The second kappa shape index (κ2) is 13.5. The molecule has 0 saturated carbocycles. The maximum Gasteiger partial charge on any atom is 0.230 e. The molecule has 2 heterocycles. The van der Waals surface area contributed by atoms with E-state index in [1.54, 1.807) is 24.1 Å². The number of amides is 1. The zero-order valence-corrected chi connectivity index (χ0v) is 22.2. The minimum atomic E-state index is -0.00186. The molecule has 4 N–H and O–H groups in total. The Balaban J connectivity index is 1.45. The van der Waals surface area contributed by atoms with Crippen LogP contribution in [0.1, 0.15) is 24.8 Å². The number of aryl methyl sites for hydroxylation is 1. The number of aromatic nitrogens is 5. The summed E-state index contributed by atoms with van der Waals surface area (Å²) >= 11 is 0. The van der Waals surface area contributed by atoms with Crippen LogP contribution in [0.25, 0.3) is 0 Å². The third-order valence-corrected chi connectivity index (χ3v) is 5.92. The predicted octanol–water partition coefficient (Wildman–Crippen LogP) is 3.59. The van der Waals surface area contributed by atoms with Crippen LogP contribution < -0.4 is 21.3 Å². The van der Waals surface area contributed by atoms with Crippen LogP contribution in [0.5, 0.6) is 0 Å². The normalized spacial score (nSPS) is 14.6. The Labute approximate surface area is 223 Å². The number of hydrogen-bond donors (Lipinski definition) is 4. The first-order valence-corrected chi connectivity index (χ1v) is 12.8. The van der Waals surface area contributed by atoms with Crippen molar-refractivity contribution in [3.05, 3.63) is 66.5 Å². The number of nitrogens with zero attached hydrogens (tertiary/aromatic N) is 6. The molecule has 1 aliphatic carbocycles. The highest BCUT2D eigenvalue weighted by atomic mass is 16.1. The van der Waals surface area contributed by atoms with E-state index in [-0.39, 0.29) is 5.91 Å². The number of benzene rings is 1. The topological polar surface area (TPSA) is 125 Å². The summed E-state index contributed by atoms with van der Waals surface area (Å²) in [6.07, 6.45) is 14.4. The van der Waals surface area contributed by atoms with Gasteiger partial charge in [-0.15, -0.1) is 5.10 Å². The van der Waals surface area contributed by atoms with E-state index in [1.807, 2.05) is 38.4 Å². The molecule has 200 valence electrons. The van der Waals surface area contributed by atoms with Crippen molar-refractivity contribution in [1.82, 2.24) is 35.2 Å². The van der Waals surface area contributed by atoms with E-state index in [1.165, 1.54) is 0 Å². The maximum atomic E-state index is 12.4. The van der Waals surface area contributed by atoms with E-state index in [0.29, 0.717) is 36.5 Å². The van der Waals surface area contributed by atoms with E-state index >= 15 is 0 Å². The lowest BCUT2D eigenvalue weighted by atomic mass is 10.0. The predicted molar refractivity (Wildman–Crippen MR) is 151 cm³/mol. The summed E-state index contributed by atoms with van der Waals surface area (Å²) in [5, 5.41) is 21.0. The third-order valence-electron chi connectivity index (χ3n) is 5.92. The average Bonchev–Trinajstić information content (AvgIpc) is 3.30. The zero-order chi connectivity index (χ0) is 26.7. The molecule has 0 spiro atoms. The fraction of sp³-hybridized carbons (Fsp3) is 0.370. The van der Waals surface area contributed by atoms with Gasteiger partial charge in [-0.3, -0.25) is 9.48 Å². The first-order valence-electron chi connectivity index (χ1n) is 12.8. The van der Waals surface area contributed by atoms with E-state index in [9.17, 15) is 4.79 Å². The Morgan fingerprint density at radius 2 is 2.05 bits per heavy atom. The summed E-state index contributed by atoms with van der Waals surface area (Å²) in [7, 11) is 5.80. The van der Waals surface area contributed by atoms with Crippen molar-refractivity contribution in [3.8, 4) is 0 Å². The molecule has 4 rings (SSSR count). The molecule has 1 atom stereocenters. The van der Waals surface area contributed by atoms with Crippen LogP contribution in [0.4, 0.5) is 29.0 Å². The number of nitrogens with one attached hydrogen (secondary N) is 4. The van der Waals surface area contributed by atoms with Gasteiger partial charge in [-0.1, -0.05) is 35.6 Å². The fourth-order valence-electron chi connectivity index (χ4n) is 3.99. The van der Waals surface area contributed by atoms with Gasteiger partial charge in [-0.25, -0.2) is 4.98 Å². The highest BCUT2D eigenvalue weighted by Gasteiger charge is 2.12. The van der Waals surface area contributed by atoms with Crippen molar-refractivity contribution in [2.75, 3.05) is 43.1 Å². The SMILES string of the molecule is CN(C)CCCC(=O)Nc1cccc(Nc2nc(Nc3cn(C)nn3)ncc2CNCC2C=CC=CC2)c1. The first kappa shape index (κ1) is 27.0. The molecule has 1 aliphatic rings. The van der Waals surface area contributed by atoms with Crippen molar-refractivity contribution in [2.45, 2.75) is 25.8 Å². The van der Waals surface area contributed by atoms with Crippen molar-refractivity contribution in [1.29, 1.82) is 0 Å². The Hall–Kier alpha value is -4.09. The van der Waals surface area contributed by atoms with Crippen LogP contribution in [0, 0.1) is 5.92 Å². The van der Waals surface area contributed by atoms with Gasteiger partial charge < -0.3 is 26.2 Å². The summed E-state index contributed by atoms with van der Waals surface area (Å²) in [5.41, 5.74) is 2.46. The van der Waals surface area contributed by atoms with Crippen LogP contribution in [-0.4, -0.2) is 63.0 Å². The number of rotatable bonds is 13. The largest absolute Gasteiger partial charge is 0.340 e. The van der Waals surface area contributed by atoms with Crippen molar-refractivity contribution < 1.29 is 4.79 Å². The van der Waals surface area contributed by atoms with E-state index in [2.05, 4.69) is 65.8 Å². The molecular weight excluding hydrogens is 480 g/mol. The van der Waals surface area contributed by atoms with Gasteiger partial charge in [0.2, 0.25) is 11.9 Å². The van der Waals surface area contributed by atoms with Gasteiger partial charge in [-0.2, -0.15) is 4.98 Å². The molecule has 1 unspecified atom stereocenters. The molecule has 0 aliphatic heterocycles. The second-order valence-electron chi connectivity index (χ2n) is 9.57. The van der Waals surface area contributed by atoms with Crippen LogP contribution in [0.3, 0.4) is 0 Å². The van der Waals surface area contributed by atoms with Crippen LogP contribution in [0.2, 0.25) is 0 Å². The Bertz CT molecular complexity index is 1270. The standard InChI is InChI=1S/C27H36N10O/c1-36(2)14-8-13-25(38)30-22-11-7-12-23(15-22)31-26-21(17-28-16-20-9-5-4-6-10-20)18-29-27(33-26)32-24-19-37(3)35-34-24/h4-7,9,11-12,15,18-20,28H,8,10,13-14,16-17H2,1-3H3,(H,30,38)(H2,29,31,32,33). The molecule has 1 aromatic carbocycles. The Kier molecular flexibility index (Phi) is 9.54. The van der Waals surface area contributed by atoms with Crippen LogP contribution in [0.15, 0.2) is 61.0 Å². The quantitative estimate of drug-likeness (QED) is 0.270. The molecule has 0 saturated heterocycles. The molecule has 0 bridgehead atoms. The summed E-state index contributed by atoms with van der Waals surface area (Å²) in [5.74, 6) is 2.08. The third kappa shape index (κ3) is 8.49. The number of carbonyl (C=O) groups is 1. The maximum absolute atomic E-state index is 12.4. The van der Waals surface area contributed by atoms with Gasteiger partial charge >= 0.3 is 0 Å². The summed E-state index contributed by atoms with van der Waals surface area (Å²) in [6.45, 7) is 2.33. The van der Waals surface area contributed by atoms with E-state index in [4.69, 9.17) is 4.98 Å². The Morgan fingerprint density at radius 1 is 1.18 bits per heavy atom. The molecule has 3 aromatic rings. The molecule has 11 heteroatoms. The summed E-state index contributed by atoms with van der Waals surface area (Å²) in [6, 6.07) is 7.62. The van der Waals surface area contributed by atoms with Gasteiger partial charge in [0.25, 0.3) is 0 Å². The lowest BCUT2D eigenvalue weighted by Crippen LogP contribution is -2.22. The lowest BCUT2D eigenvalue weighted by Gasteiger charge is -2.16. The molecule has 2 aromatic heterocycles. The summed E-state index contributed by atoms with van der Waals surface area (Å²) in [4.78, 5) is 23.7. The molecule has 1 amide bonds. The average molecular weight is 517 g/mol. The molecular formula is C27H36N10O. The number of carbonyl (C=O) groups excluding carboxylic acids is 1. The number of allylic oxidation sites excluding steroid dienone is 3. The lowest BCUT2D eigenvalue weighted by molar-refractivity contribution is -0.116. The van der Waals surface area contributed by atoms with Gasteiger partial charge in [0.1, 0.15) is 5.82 Å². The first-order chi connectivity index (χ1) is 18.4. The van der Waals surface area contributed by atoms with Crippen molar-refractivity contribution in [3.63, 3.8) is 0 Å². The monoisotopic (exact) mass is 516 g/mol. The van der Waals surface area contributed by atoms with Gasteiger partial charge in [0.05, 0.1) is 6.20 Å². The molecule has 0 radical (unpaired) electrons. The molecule has 11 nitrogen and oxygen atoms in total. The van der Waals surface area contributed by atoms with Gasteiger partial charge in [0.15, 0.2) is 5.82 Å². The van der Waals surface area contributed by atoms with Gasteiger partial charge in [-0.05, 0) is 57.6 Å². The molecule has 38 heavy (non-hydrogen) atoms. The minimum absolute atomic E-state index is 0.00186. The second-order valence-corrected chi connectivity index (χ2v) is 9.57. The molecule has 0 fully saturated rings. The van der Waals surface area contributed by atoms with Gasteiger partial charge in [0, 0.05) is 49.7 Å². The van der Waals surface area contributed by atoms with Crippen LogP contribution in [-0.2, 0) is 18.4 Å². The fourth-order valence-corrected chi connectivity index (χ4v) is 3.99.